The number of anilines is 1. The van der Waals surface area contributed by atoms with Gasteiger partial charge in [-0.3, -0.25) is 9.78 Å². The molecule has 17 heavy (non-hydrogen) atoms. The average Bonchev–Trinajstić information content (AvgIpc) is 2.27. The summed E-state index contributed by atoms with van der Waals surface area (Å²) in [5, 5.41) is 5.86. The van der Waals surface area contributed by atoms with Crippen LogP contribution in [-0.2, 0) is 0 Å². The van der Waals surface area contributed by atoms with Gasteiger partial charge in [-0.15, -0.1) is 0 Å². The second-order valence-electron chi connectivity index (χ2n) is 5.25. The SMILES string of the molecule is CNC(=O)c1cc(NCCC(C)(C)C)ccn1. The van der Waals surface area contributed by atoms with Crippen molar-refractivity contribution in [1.82, 2.24) is 10.3 Å². The number of aromatic nitrogens is 1. The molecular weight excluding hydrogens is 214 g/mol. The highest BCUT2D eigenvalue weighted by molar-refractivity contribution is 5.92. The first-order valence-corrected chi connectivity index (χ1v) is 5.84. The van der Waals surface area contributed by atoms with Gasteiger partial charge in [0.05, 0.1) is 0 Å². The Morgan fingerprint density at radius 1 is 1.41 bits per heavy atom. The third-order valence-electron chi connectivity index (χ3n) is 2.42. The lowest BCUT2D eigenvalue weighted by atomic mass is 9.92. The van der Waals surface area contributed by atoms with E-state index in [0.29, 0.717) is 11.1 Å². The second kappa shape index (κ2) is 5.66. The summed E-state index contributed by atoms with van der Waals surface area (Å²) in [4.78, 5) is 15.4. The Kier molecular flexibility index (Phi) is 4.49. The number of pyridine rings is 1. The van der Waals surface area contributed by atoms with Gasteiger partial charge in [-0.1, -0.05) is 20.8 Å². The molecule has 0 aliphatic carbocycles. The van der Waals surface area contributed by atoms with Crippen molar-refractivity contribution in [2.45, 2.75) is 27.2 Å². The van der Waals surface area contributed by atoms with Crippen LogP contribution < -0.4 is 10.6 Å². The lowest BCUT2D eigenvalue weighted by Crippen LogP contribution is -2.19. The molecule has 0 aliphatic heterocycles. The van der Waals surface area contributed by atoms with Crippen LogP contribution in [0.2, 0.25) is 0 Å². The number of rotatable bonds is 4. The van der Waals surface area contributed by atoms with Crippen molar-refractivity contribution in [3.05, 3.63) is 24.0 Å². The maximum atomic E-state index is 11.4. The summed E-state index contributed by atoms with van der Waals surface area (Å²) in [7, 11) is 1.60. The van der Waals surface area contributed by atoms with Gasteiger partial charge < -0.3 is 10.6 Å². The molecule has 4 nitrogen and oxygen atoms in total. The standard InChI is InChI=1S/C13H21N3O/c1-13(2,3)6-8-15-10-5-7-16-11(9-10)12(17)14-4/h5,7,9H,6,8H2,1-4H3,(H,14,17)(H,15,16). The number of carbonyl (C=O) groups is 1. The number of hydrogen-bond donors (Lipinski definition) is 2. The van der Waals surface area contributed by atoms with E-state index in [1.165, 1.54) is 0 Å². The Labute approximate surface area is 103 Å². The topological polar surface area (TPSA) is 54.0 Å². The van der Waals surface area contributed by atoms with Crippen LogP contribution in [0.4, 0.5) is 5.69 Å². The fraction of sp³-hybridized carbons (Fsp3) is 0.538. The van der Waals surface area contributed by atoms with E-state index in [4.69, 9.17) is 0 Å². The molecule has 0 unspecified atom stereocenters. The molecule has 0 radical (unpaired) electrons. The van der Waals surface area contributed by atoms with E-state index in [-0.39, 0.29) is 5.91 Å². The van der Waals surface area contributed by atoms with Crippen molar-refractivity contribution in [2.75, 3.05) is 18.9 Å². The van der Waals surface area contributed by atoms with E-state index < -0.39 is 0 Å². The number of amides is 1. The van der Waals surface area contributed by atoms with Crippen LogP contribution in [0.15, 0.2) is 18.3 Å². The monoisotopic (exact) mass is 235 g/mol. The first-order valence-electron chi connectivity index (χ1n) is 5.84. The van der Waals surface area contributed by atoms with Crippen molar-refractivity contribution in [2.24, 2.45) is 5.41 Å². The second-order valence-corrected chi connectivity index (χ2v) is 5.25. The number of carbonyl (C=O) groups excluding carboxylic acids is 1. The number of nitrogens with one attached hydrogen (secondary N) is 2. The largest absolute Gasteiger partial charge is 0.385 e. The summed E-state index contributed by atoms with van der Waals surface area (Å²) < 4.78 is 0. The molecule has 1 aromatic rings. The third-order valence-corrected chi connectivity index (χ3v) is 2.42. The molecule has 0 bridgehead atoms. The van der Waals surface area contributed by atoms with Gasteiger partial charge in [0, 0.05) is 25.5 Å². The van der Waals surface area contributed by atoms with Gasteiger partial charge >= 0.3 is 0 Å². The minimum absolute atomic E-state index is 0.163. The van der Waals surface area contributed by atoms with Crippen LogP contribution in [0, 0.1) is 5.41 Å². The molecule has 4 heteroatoms. The molecule has 0 fully saturated rings. The molecule has 0 saturated carbocycles. The van der Waals surface area contributed by atoms with Gasteiger partial charge in [-0.05, 0) is 24.0 Å². The molecule has 0 saturated heterocycles. The highest BCUT2D eigenvalue weighted by Crippen LogP contribution is 2.18. The van der Waals surface area contributed by atoms with Crippen molar-refractivity contribution in [3.8, 4) is 0 Å². The van der Waals surface area contributed by atoms with Crippen molar-refractivity contribution in [3.63, 3.8) is 0 Å². The first kappa shape index (κ1) is 13.5. The van der Waals surface area contributed by atoms with Crippen LogP contribution in [-0.4, -0.2) is 24.5 Å². The molecule has 1 rings (SSSR count). The highest BCUT2D eigenvalue weighted by Gasteiger charge is 2.09. The summed E-state index contributed by atoms with van der Waals surface area (Å²) in [6, 6.07) is 3.64. The van der Waals surface area contributed by atoms with E-state index in [1.54, 1.807) is 19.3 Å². The lowest BCUT2D eigenvalue weighted by molar-refractivity contribution is 0.0958. The van der Waals surface area contributed by atoms with Crippen LogP contribution in [0.3, 0.4) is 0 Å². The number of hydrogen-bond acceptors (Lipinski definition) is 3. The summed E-state index contributed by atoms with van der Waals surface area (Å²) >= 11 is 0. The van der Waals surface area contributed by atoms with Crippen LogP contribution >= 0.6 is 0 Å². The first-order chi connectivity index (χ1) is 7.92. The molecule has 94 valence electrons. The Morgan fingerprint density at radius 2 is 2.12 bits per heavy atom. The lowest BCUT2D eigenvalue weighted by Gasteiger charge is -2.18. The van der Waals surface area contributed by atoms with E-state index in [1.807, 2.05) is 6.07 Å². The summed E-state index contributed by atoms with van der Waals surface area (Å²) in [6.07, 6.45) is 2.72. The van der Waals surface area contributed by atoms with Crippen molar-refractivity contribution in [1.29, 1.82) is 0 Å². The molecule has 0 atom stereocenters. The van der Waals surface area contributed by atoms with Gasteiger partial charge in [-0.2, -0.15) is 0 Å². The van der Waals surface area contributed by atoms with Gasteiger partial charge in [0.15, 0.2) is 0 Å². The molecule has 0 aromatic carbocycles. The van der Waals surface area contributed by atoms with Crippen molar-refractivity contribution < 1.29 is 4.79 Å². The van der Waals surface area contributed by atoms with E-state index in [9.17, 15) is 4.79 Å². The normalized spacial score (nSPS) is 11.1. The Balaban J connectivity index is 2.57. The smallest absolute Gasteiger partial charge is 0.269 e. The Bertz CT molecular complexity index is 382. The molecule has 2 N–H and O–H groups in total. The van der Waals surface area contributed by atoms with Gasteiger partial charge in [0.1, 0.15) is 5.69 Å². The molecule has 0 spiro atoms. The predicted octanol–water partition coefficient (Wildman–Crippen LogP) is 2.29. The molecule has 1 heterocycles. The quantitative estimate of drug-likeness (QED) is 0.842. The Hall–Kier alpha value is -1.58. The van der Waals surface area contributed by atoms with Crippen molar-refractivity contribution >= 4 is 11.6 Å². The zero-order valence-corrected chi connectivity index (χ0v) is 11.0. The summed E-state index contributed by atoms with van der Waals surface area (Å²) in [5.41, 5.74) is 1.68. The highest BCUT2D eigenvalue weighted by atomic mass is 16.1. The van der Waals surface area contributed by atoms with Crippen LogP contribution in [0.5, 0.6) is 0 Å². The number of nitrogens with zero attached hydrogens (tertiary/aromatic N) is 1. The zero-order valence-electron chi connectivity index (χ0n) is 11.0. The summed E-state index contributed by atoms with van der Waals surface area (Å²) in [6.45, 7) is 7.51. The van der Waals surface area contributed by atoms with Crippen LogP contribution in [0.25, 0.3) is 0 Å². The predicted molar refractivity (Wildman–Crippen MR) is 70.2 cm³/mol. The van der Waals surface area contributed by atoms with Gasteiger partial charge in [0.25, 0.3) is 5.91 Å². The zero-order chi connectivity index (χ0) is 12.9. The maximum Gasteiger partial charge on any atom is 0.269 e. The van der Waals surface area contributed by atoms with Crippen LogP contribution in [0.1, 0.15) is 37.7 Å². The molecule has 1 amide bonds. The molecule has 0 aliphatic rings. The van der Waals surface area contributed by atoms with Gasteiger partial charge in [-0.25, -0.2) is 0 Å². The summed E-state index contributed by atoms with van der Waals surface area (Å²) in [5.74, 6) is -0.163. The van der Waals surface area contributed by atoms with E-state index in [2.05, 4.69) is 36.4 Å². The van der Waals surface area contributed by atoms with Gasteiger partial charge in [0.2, 0.25) is 0 Å². The fourth-order valence-corrected chi connectivity index (χ4v) is 1.37. The Morgan fingerprint density at radius 3 is 2.71 bits per heavy atom. The minimum atomic E-state index is -0.163. The van der Waals surface area contributed by atoms with E-state index >= 15 is 0 Å². The van der Waals surface area contributed by atoms with E-state index in [0.717, 1.165) is 18.7 Å². The minimum Gasteiger partial charge on any atom is -0.385 e. The molecule has 1 aromatic heterocycles. The third kappa shape index (κ3) is 4.85. The molecular formula is C13H21N3O. The average molecular weight is 235 g/mol. The fourth-order valence-electron chi connectivity index (χ4n) is 1.37. The maximum absolute atomic E-state index is 11.4.